The van der Waals surface area contributed by atoms with Crippen LogP contribution in [0, 0.1) is 35.0 Å². The van der Waals surface area contributed by atoms with Crippen molar-refractivity contribution in [3.63, 3.8) is 0 Å². The van der Waals surface area contributed by atoms with Crippen molar-refractivity contribution in [2.45, 2.75) is 89.6 Å². The molecule has 4 aliphatic carbocycles. The standard InChI is InChI=1S/C26H40O4/c1-24-10-8-19-16-18-9-11-26(29-12-3-13-30-26)17-20(18)4-5-21(19)22(24)6-7-23(24)25(2)27-14-15-28-25/h8,18,20-23H,3-7,9-17H2,1-2H3/t18-,20+,21-,22+,23+,24+/m1/s1. The molecule has 1 spiro atoms. The van der Waals surface area contributed by atoms with E-state index in [0.717, 1.165) is 69.4 Å². The Morgan fingerprint density at radius 3 is 2.43 bits per heavy atom. The average Bonchev–Trinajstić information content (AvgIpc) is 3.28. The first-order chi connectivity index (χ1) is 14.5. The van der Waals surface area contributed by atoms with Gasteiger partial charge in [0.2, 0.25) is 0 Å². The fourth-order valence-corrected chi connectivity index (χ4v) is 8.68. The van der Waals surface area contributed by atoms with Gasteiger partial charge in [-0.3, -0.25) is 0 Å². The van der Waals surface area contributed by atoms with Crippen molar-refractivity contribution in [1.82, 2.24) is 0 Å². The summed E-state index contributed by atoms with van der Waals surface area (Å²) in [5.74, 6) is 3.08. The Labute approximate surface area is 182 Å². The molecule has 6 rings (SSSR count). The van der Waals surface area contributed by atoms with Gasteiger partial charge in [-0.05, 0) is 87.4 Å². The fraction of sp³-hybridized carbons (Fsp3) is 0.923. The van der Waals surface area contributed by atoms with Crippen molar-refractivity contribution in [3.8, 4) is 0 Å². The lowest BCUT2D eigenvalue weighted by Gasteiger charge is -2.48. The van der Waals surface area contributed by atoms with Crippen LogP contribution in [0.4, 0.5) is 0 Å². The van der Waals surface area contributed by atoms with Crippen molar-refractivity contribution in [2.75, 3.05) is 26.4 Å². The Balaban J connectivity index is 1.22. The van der Waals surface area contributed by atoms with E-state index in [1.165, 1.54) is 44.9 Å². The SMILES string of the molecule is CC1([C@H]2CC[C@H]3[C@@H]4CC[C@H]5CC6(CC[C@@H]5CC4=CC[C@]23C)OCCCO6)OCCO1. The van der Waals surface area contributed by atoms with Crippen LogP contribution in [0.15, 0.2) is 11.6 Å². The summed E-state index contributed by atoms with van der Waals surface area (Å²) in [6.45, 7) is 8.05. The number of hydrogen-bond donors (Lipinski definition) is 0. The van der Waals surface area contributed by atoms with Crippen LogP contribution >= 0.6 is 0 Å². The molecule has 0 unspecified atom stereocenters. The second-order valence-electron chi connectivity index (χ2n) is 11.6. The summed E-state index contributed by atoms with van der Waals surface area (Å²) in [6, 6.07) is 0. The molecule has 30 heavy (non-hydrogen) atoms. The maximum atomic E-state index is 6.22. The topological polar surface area (TPSA) is 36.9 Å². The molecule has 0 N–H and O–H groups in total. The predicted octanol–water partition coefficient (Wildman–Crippen LogP) is 5.46. The number of allylic oxidation sites excluding steroid dienone is 2. The van der Waals surface area contributed by atoms with Gasteiger partial charge in [0.05, 0.1) is 26.4 Å². The van der Waals surface area contributed by atoms with Gasteiger partial charge in [0.25, 0.3) is 0 Å². The van der Waals surface area contributed by atoms with Gasteiger partial charge in [-0.15, -0.1) is 0 Å². The Morgan fingerprint density at radius 1 is 0.833 bits per heavy atom. The summed E-state index contributed by atoms with van der Waals surface area (Å²) in [6.07, 6.45) is 15.1. The molecule has 3 saturated carbocycles. The Kier molecular flexibility index (Phi) is 4.92. The lowest BCUT2D eigenvalue weighted by atomic mass is 9.59. The highest BCUT2D eigenvalue weighted by atomic mass is 16.7. The van der Waals surface area contributed by atoms with Crippen molar-refractivity contribution in [2.24, 2.45) is 35.0 Å². The normalized spacial score (nSPS) is 47.1. The van der Waals surface area contributed by atoms with E-state index in [0.29, 0.717) is 11.3 Å². The van der Waals surface area contributed by atoms with Crippen LogP contribution in [-0.2, 0) is 18.9 Å². The predicted molar refractivity (Wildman–Crippen MR) is 115 cm³/mol. The van der Waals surface area contributed by atoms with Crippen LogP contribution < -0.4 is 0 Å². The molecule has 6 aliphatic rings. The fourth-order valence-electron chi connectivity index (χ4n) is 8.68. The lowest BCUT2D eigenvalue weighted by molar-refractivity contribution is -0.290. The largest absolute Gasteiger partial charge is 0.350 e. The van der Waals surface area contributed by atoms with Crippen LogP contribution in [-0.4, -0.2) is 38.0 Å². The lowest BCUT2D eigenvalue weighted by Crippen LogP contribution is -2.47. The third-order valence-corrected chi connectivity index (χ3v) is 10.2. The second-order valence-corrected chi connectivity index (χ2v) is 11.6. The van der Waals surface area contributed by atoms with E-state index in [2.05, 4.69) is 19.9 Å². The van der Waals surface area contributed by atoms with Gasteiger partial charge in [-0.25, -0.2) is 0 Å². The zero-order chi connectivity index (χ0) is 20.4. The number of rotatable bonds is 1. The first-order valence-corrected chi connectivity index (χ1v) is 12.8. The van der Waals surface area contributed by atoms with Gasteiger partial charge in [0.15, 0.2) is 11.6 Å². The highest BCUT2D eigenvalue weighted by Gasteiger charge is 2.59. The van der Waals surface area contributed by atoms with E-state index in [1.54, 1.807) is 5.57 Å². The smallest absolute Gasteiger partial charge is 0.169 e. The first kappa shape index (κ1) is 20.2. The minimum Gasteiger partial charge on any atom is -0.350 e. The van der Waals surface area contributed by atoms with Crippen molar-refractivity contribution in [3.05, 3.63) is 11.6 Å². The van der Waals surface area contributed by atoms with Gasteiger partial charge in [0.1, 0.15) is 0 Å². The molecule has 0 amide bonds. The zero-order valence-electron chi connectivity index (χ0n) is 19.0. The number of fused-ring (bicyclic) bond motifs is 4. The molecule has 2 aliphatic heterocycles. The molecule has 4 heteroatoms. The minimum atomic E-state index is -0.365. The van der Waals surface area contributed by atoms with Crippen molar-refractivity contribution < 1.29 is 18.9 Å². The van der Waals surface area contributed by atoms with E-state index >= 15 is 0 Å². The molecule has 0 radical (unpaired) electrons. The van der Waals surface area contributed by atoms with Crippen LogP contribution in [0.25, 0.3) is 0 Å². The Bertz CT molecular complexity index is 689. The first-order valence-electron chi connectivity index (χ1n) is 12.8. The van der Waals surface area contributed by atoms with Crippen molar-refractivity contribution in [1.29, 1.82) is 0 Å². The number of hydrogen-bond acceptors (Lipinski definition) is 4. The highest BCUT2D eigenvalue weighted by molar-refractivity contribution is 5.22. The van der Waals surface area contributed by atoms with Gasteiger partial charge >= 0.3 is 0 Å². The van der Waals surface area contributed by atoms with Gasteiger partial charge < -0.3 is 18.9 Å². The highest BCUT2D eigenvalue weighted by Crippen LogP contribution is 2.63. The second kappa shape index (κ2) is 7.30. The summed E-state index contributed by atoms with van der Waals surface area (Å²) in [7, 11) is 0. The molecule has 168 valence electrons. The molecule has 2 heterocycles. The molecule has 0 aromatic rings. The van der Waals surface area contributed by atoms with Crippen LogP contribution in [0.5, 0.6) is 0 Å². The third-order valence-electron chi connectivity index (χ3n) is 10.2. The summed E-state index contributed by atoms with van der Waals surface area (Å²) >= 11 is 0. The maximum absolute atomic E-state index is 6.22. The zero-order valence-corrected chi connectivity index (χ0v) is 19.0. The Hall–Kier alpha value is -0.420. The average molecular weight is 417 g/mol. The Morgan fingerprint density at radius 2 is 1.63 bits per heavy atom. The molecular formula is C26H40O4. The van der Waals surface area contributed by atoms with E-state index in [-0.39, 0.29) is 11.6 Å². The molecule has 6 atom stereocenters. The van der Waals surface area contributed by atoms with E-state index in [9.17, 15) is 0 Å². The minimum absolute atomic E-state index is 0.248. The maximum Gasteiger partial charge on any atom is 0.169 e. The monoisotopic (exact) mass is 416 g/mol. The van der Waals surface area contributed by atoms with E-state index in [1.807, 2.05) is 0 Å². The molecule has 0 aromatic heterocycles. The van der Waals surface area contributed by atoms with Gasteiger partial charge in [-0.1, -0.05) is 18.6 Å². The van der Waals surface area contributed by atoms with E-state index < -0.39 is 0 Å². The summed E-state index contributed by atoms with van der Waals surface area (Å²) < 4.78 is 24.8. The van der Waals surface area contributed by atoms with Crippen molar-refractivity contribution >= 4 is 0 Å². The third kappa shape index (κ3) is 3.08. The van der Waals surface area contributed by atoms with Crippen LogP contribution in [0.2, 0.25) is 0 Å². The molecule has 2 saturated heterocycles. The summed E-state index contributed by atoms with van der Waals surface area (Å²) in [5.41, 5.74) is 2.12. The van der Waals surface area contributed by atoms with Crippen LogP contribution in [0.3, 0.4) is 0 Å². The molecule has 0 bridgehead atoms. The number of ether oxygens (including phenoxy) is 4. The van der Waals surface area contributed by atoms with Crippen LogP contribution in [0.1, 0.15) is 78.1 Å². The summed E-state index contributed by atoms with van der Waals surface area (Å²) in [5, 5.41) is 0. The summed E-state index contributed by atoms with van der Waals surface area (Å²) in [4.78, 5) is 0. The molecule has 0 aromatic carbocycles. The molecule has 5 fully saturated rings. The molecular weight excluding hydrogens is 376 g/mol. The van der Waals surface area contributed by atoms with Gasteiger partial charge in [0, 0.05) is 18.8 Å². The van der Waals surface area contributed by atoms with Gasteiger partial charge in [-0.2, -0.15) is 0 Å². The molecule has 4 nitrogen and oxygen atoms in total. The van der Waals surface area contributed by atoms with E-state index in [4.69, 9.17) is 18.9 Å². The quantitative estimate of drug-likeness (QED) is 0.532.